The molecular formula is C22H22N4O3. The van der Waals surface area contributed by atoms with E-state index in [0.717, 1.165) is 22.3 Å². The van der Waals surface area contributed by atoms with Gasteiger partial charge in [0.25, 0.3) is 5.91 Å². The van der Waals surface area contributed by atoms with E-state index < -0.39 is 0 Å². The topological polar surface area (TPSA) is 87.3 Å². The summed E-state index contributed by atoms with van der Waals surface area (Å²) in [4.78, 5) is 33.1. The maximum absolute atomic E-state index is 12.6. The van der Waals surface area contributed by atoms with Gasteiger partial charge in [-0.15, -0.1) is 0 Å². The molecule has 2 aromatic heterocycles. The van der Waals surface area contributed by atoms with Gasteiger partial charge in [-0.25, -0.2) is 4.98 Å². The number of hydrogen-bond acceptors (Lipinski definition) is 4. The summed E-state index contributed by atoms with van der Waals surface area (Å²) >= 11 is 0. The zero-order chi connectivity index (χ0) is 20.5. The number of nitrogens with zero attached hydrogens (tertiary/aromatic N) is 2. The van der Waals surface area contributed by atoms with E-state index >= 15 is 0 Å². The summed E-state index contributed by atoms with van der Waals surface area (Å²) in [5.41, 5.74) is 5.20. The number of anilines is 1. The molecule has 2 N–H and O–H groups in total. The zero-order valence-corrected chi connectivity index (χ0v) is 16.6. The molecule has 3 heterocycles. The second-order valence-corrected chi connectivity index (χ2v) is 7.21. The van der Waals surface area contributed by atoms with Gasteiger partial charge < -0.3 is 19.9 Å². The summed E-state index contributed by atoms with van der Waals surface area (Å²) in [7, 11) is 1.77. The van der Waals surface area contributed by atoms with Crippen LogP contribution in [0.15, 0.2) is 36.5 Å². The number of amides is 2. The van der Waals surface area contributed by atoms with Crippen LogP contribution in [0.25, 0.3) is 17.0 Å². The monoisotopic (exact) mass is 390 g/mol. The number of carbonyl (C=O) groups is 2. The van der Waals surface area contributed by atoms with Crippen LogP contribution >= 0.6 is 0 Å². The highest BCUT2D eigenvalue weighted by molar-refractivity contribution is 5.95. The van der Waals surface area contributed by atoms with Gasteiger partial charge in [0.05, 0.1) is 6.54 Å². The number of aromatic amines is 1. The van der Waals surface area contributed by atoms with E-state index in [1.165, 1.54) is 17.0 Å². The summed E-state index contributed by atoms with van der Waals surface area (Å²) in [6.07, 6.45) is 4.78. The van der Waals surface area contributed by atoms with Crippen molar-refractivity contribution in [2.24, 2.45) is 0 Å². The molecule has 0 atom stereocenters. The Balaban J connectivity index is 1.47. The fourth-order valence-corrected chi connectivity index (χ4v) is 3.39. The average Bonchev–Trinajstić information content (AvgIpc) is 3.03. The molecule has 4 rings (SSSR count). The van der Waals surface area contributed by atoms with Crippen LogP contribution in [0.1, 0.15) is 22.4 Å². The lowest BCUT2D eigenvalue weighted by Crippen LogP contribution is -2.26. The van der Waals surface area contributed by atoms with Gasteiger partial charge in [0, 0.05) is 35.9 Å². The molecule has 7 nitrogen and oxygen atoms in total. The third-order valence-corrected chi connectivity index (χ3v) is 5.09. The molecule has 1 aromatic carbocycles. The SMILES string of the molecule is Cc1c(CN(C)C(=O)/C=C/c2cnc3c(c2)OCC(=O)N3)[nH]c2c(C)cccc12. The molecular weight excluding hydrogens is 368 g/mol. The number of carbonyl (C=O) groups excluding carboxylic acids is 2. The van der Waals surface area contributed by atoms with E-state index in [9.17, 15) is 9.59 Å². The van der Waals surface area contributed by atoms with Crippen LogP contribution in [-0.4, -0.2) is 40.3 Å². The van der Waals surface area contributed by atoms with Gasteiger partial charge in [0.1, 0.15) is 0 Å². The largest absolute Gasteiger partial charge is 0.480 e. The molecule has 0 bridgehead atoms. The molecule has 3 aromatic rings. The second kappa shape index (κ2) is 7.43. The summed E-state index contributed by atoms with van der Waals surface area (Å²) in [6, 6.07) is 7.95. The Hall–Kier alpha value is -3.61. The minimum Gasteiger partial charge on any atom is -0.480 e. The van der Waals surface area contributed by atoms with Gasteiger partial charge in [-0.3, -0.25) is 9.59 Å². The van der Waals surface area contributed by atoms with Gasteiger partial charge in [-0.2, -0.15) is 0 Å². The van der Waals surface area contributed by atoms with Crippen molar-refractivity contribution in [1.82, 2.24) is 14.9 Å². The van der Waals surface area contributed by atoms with Crippen molar-refractivity contribution < 1.29 is 14.3 Å². The van der Waals surface area contributed by atoms with E-state index in [4.69, 9.17) is 4.74 Å². The number of ether oxygens (including phenoxy) is 1. The molecule has 0 fully saturated rings. The molecule has 0 spiro atoms. The van der Waals surface area contributed by atoms with Gasteiger partial charge in [-0.05, 0) is 42.7 Å². The third-order valence-electron chi connectivity index (χ3n) is 5.09. The standard InChI is InChI=1S/C22H22N4O3/c1-13-5-4-6-16-14(2)17(24-21(13)16)11-26(3)20(28)8-7-15-9-18-22(23-10-15)25-19(27)12-29-18/h4-10,24H,11-12H2,1-3H3,(H,23,25,27)/b8-7+. The number of para-hydroxylation sites is 1. The molecule has 2 amide bonds. The Morgan fingerprint density at radius 2 is 2.17 bits per heavy atom. The predicted molar refractivity (Wildman–Crippen MR) is 112 cm³/mol. The van der Waals surface area contributed by atoms with E-state index in [0.29, 0.717) is 18.1 Å². The Bertz CT molecular complexity index is 1150. The van der Waals surface area contributed by atoms with Gasteiger partial charge in [0.15, 0.2) is 18.2 Å². The number of likely N-dealkylation sites (N-methyl/N-ethyl adjacent to an activating group) is 1. The number of hydrogen-bond donors (Lipinski definition) is 2. The van der Waals surface area contributed by atoms with Gasteiger partial charge >= 0.3 is 0 Å². The van der Waals surface area contributed by atoms with Gasteiger partial charge in [-0.1, -0.05) is 18.2 Å². The summed E-state index contributed by atoms with van der Waals surface area (Å²) in [5.74, 6) is 0.544. The van der Waals surface area contributed by atoms with Crippen LogP contribution in [0.4, 0.5) is 5.82 Å². The number of nitrogens with one attached hydrogen (secondary N) is 2. The highest BCUT2D eigenvalue weighted by Gasteiger charge is 2.17. The number of rotatable bonds is 4. The van der Waals surface area contributed by atoms with E-state index in [1.807, 2.05) is 6.07 Å². The van der Waals surface area contributed by atoms with Crippen LogP contribution in [0.5, 0.6) is 5.75 Å². The first kappa shape index (κ1) is 18.7. The maximum Gasteiger partial charge on any atom is 0.263 e. The quantitative estimate of drug-likeness (QED) is 0.670. The zero-order valence-electron chi connectivity index (χ0n) is 16.6. The molecule has 29 heavy (non-hydrogen) atoms. The predicted octanol–water partition coefficient (Wildman–Crippen LogP) is 3.18. The number of benzene rings is 1. The minimum absolute atomic E-state index is 0.0349. The average molecular weight is 390 g/mol. The lowest BCUT2D eigenvalue weighted by atomic mass is 10.1. The number of aromatic nitrogens is 2. The van der Waals surface area contributed by atoms with Crippen molar-refractivity contribution in [2.45, 2.75) is 20.4 Å². The first-order chi connectivity index (χ1) is 13.9. The molecule has 0 saturated carbocycles. The maximum atomic E-state index is 12.6. The Labute approximate surface area is 168 Å². The second-order valence-electron chi connectivity index (χ2n) is 7.21. The first-order valence-electron chi connectivity index (χ1n) is 9.35. The number of aryl methyl sites for hydroxylation is 2. The summed E-state index contributed by atoms with van der Waals surface area (Å²) in [6.45, 7) is 4.59. The Kier molecular flexibility index (Phi) is 4.80. The van der Waals surface area contributed by atoms with E-state index in [-0.39, 0.29) is 18.4 Å². The Morgan fingerprint density at radius 1 is 1.34 bits per heavy atom. The molecule has 0 saturated heterocycles. The summed E-state index contributed by atoms with van der Waals surface area (Å²) < 4.78 is 5.35. The van der Waals surface area contributed by atoms with Crippen LogP contribution in [0.3, 0.4) is 0 Å². The molecule has 0 unspecified atom stereocenters. The molecule has 1 aliphatic rings. The van der Waals surface area contributed by atoms with Crippen molar-refractivity contribution in [1.29, 1.82) is 0 Å². The normalized spacial score (nSPS) is 13.3. The third kappa shape index (κ3) is 3.71. The molecule has 1 aliphatic heterocycles. The van der Waals surface area contributed by atoms with Crippen LogP contribution < -0.4 is 10.1 Å². The molecule has 7 heteroatoms. The van der Waals surface area contributed by atoms with Crippen molar-refractivity contribution >= 4 is 34.6 Å². The van der Waals surface area contributed by atoms with Crippen LogP contribution in [0, 0.1) is 13.8 Å². The van der Waals surface area contributed by atoms with Crippen molar-refractivity contribution in [3.8, 4) is 5.75 Å². The van der Waals surface area contributed by atoms with Gasteiger partial charge in [0.2, 0.25) is 5.91 Å². The van der Waals surface area contributed by atoms with Crippen LogP contribution in [-0.2, 0) is 16.1 Å². The smallest absolute Gasteiger partial charge is 0.263 e. The highest BCUT2D eigenvalue weighted by Crippen LogP contribution is 2.27. The first-order valence-corrected chi connectivity index (χ1v) is 9.35. The molecule has 0 aliphatic carbocycles. The lowest BCUT2D eigenvalue weighted by Gasteiger charge is -2.17. The van der Waals surface area contributed by atoms with E-state index in [1.54, 1.807) is 30.3 Å². The van der Waals surface area contributed by atoms with Crippen molar-refractivity contribution in [2.75, 3.05) is 19.0 Å². The fourth-order valence-electron chi connectivity index (χ4n) is 3.39. The van der Waals surface area contributed by atoms with Crippen molar-refractivity contribution in [3.63, 3.8) is 0 Å². The fraction of sp³-hybridized carbons (Fsp3) is 0.227. The number of H-pyrrole nitrogens is 1. The van der Waals surface area contributed by atoms with E-state index in [2.05, 4.69) is 41.3 Å². The minimum atomic E-state index is -0.229. The summed E-state index contributed by atoms with van der Waals surface area (Å²) in [5, 5.41) is 3.82. The lowest BCUT2D eigenvalue weighted by molar-refractivity contribution is -0.125. The van der Waals surface area contributed by atoms with Crippen LogP contribution in [0.2, 0.25) is 0 Å². The number of fused-ring (bicyclic) bond motifs is 2. The number of pyridine rings is 1. The molecule has 0 radical (unpaired) electrons. The highest BCUT2D eigenvalue weighted by atomic mass is 16.5. The molecule has 148 valence electrons. The Morgan fingerprint density at radius 3 is 2.97 bits per heavy atom. The van der Waals surface area contributed by atoms with Crippen molar-refractivity contribution in [3.05, 3.63) is 58.9 Å².